The van der Waals surface area contributed by atoms with Crippen molar-refractivity contribution in [1.29, 1.82) is 0 Å². The minimum atomic E-state index is -3.18. The van der Waals surface area contributed by atoms with Crippen LogP contribution in [0, 0.1) is 5.92 Å². The number of piperidine rings is 1. The number of hydrogen-bond acceptors (Lipinski definition) is 6. The largest absolute Gasteiger partial charge is 0.326 e. The maximum Gasteiger partial charge on any atom is 0.227 e. The average Bonchev–Trinajstić information content (AvgIpc) is 3.08. The highest BCUT2D eigenvalue weighted by Crippen LogP contribution is 2.23. The number of rotatable bonds is 5. The van der Waals surface area contributed by atoms with Crippen LogP contribution in [0.3, 0.4) is 0 Å². The number of hydrogen-bond donors (Lipinski definition) is 1. The van der Waals surface area contributed by atoms with Gasteiger partial charge in [-0.1, -0.05) is 12.1 Å². The normalized spacial score (nSPS) is 16.5. The summed E-state index contributed by atoms with van der Waals surface area (Å²) in [6.45, 7) is 2.41. The van der Waals surface area contributed by atoms with Gasteiger partial charge in [0.2, 0.25) is 15.9 Å². The Kier molecular flexibility index (Phi) is 5.33. The molecule has 0 radical (unpaired) electrons. The maximum absolute atomic E-state index is 12.5. The van der Waals surface area contributed by atoms with E-state index in [1.165, 1.54) is 4.31 Å². The van der Waals surface area contributed by atoms with E-state index in [0.717, 1.165) is 5.56 Å². The third-order valence-electron chi connectivity index (χ3n) is 4.59. The molecule has 1 amide bonds. The minimum Gasteiger partial charge on any atom is -0.326 e. The molecule has 1 saturated heterocycles. The number of tetrazole rings is 1. The summed E-state index contributed by atoms with van der Waals surface area (Å²) in [5.74, 6) is 0.414. The van der Waals surface area contributed by atoms with Crippen molar-refractivity contribution in [1.82, 2.24) is 24.5 Å². The van der Waals surface area contributed by atoms with Crippen molar-refractivity contribution in [2.24, 2.45) is 13.0 Å². The first kappa shape index (κ1) is 18.5. The summed E-state index contributed by atoms with van der Waals surface area (Å²) >= 11 is 0. The van der Waals surface area contributed by atoms with Gasteiger partial charge in [0.25, 0.3) is 0 Å². The van der Waals surface area contributed by atoms with Gasteiger partial charge >= 0.3 is 0 Å². The molecule has 2 aromatic rings. The number of aryl methyl sites for hydroxylation is 1. The molecular weight excluding hydrogens is 356 g/mol. The Hall–Kier alpha value is -2.33. The summed E-state index contributed by atoms with van der Waals surface area (Å²) in [5.41, 5.74) is 1.47. The molecule has 0 atom stereocenters. The fourth-order valence-electron chi connectivity index (χ4n) is 3.03. The Morgan fingerprint density at radius 3 is 2.65 bits per heavy atom. The predicted octanol–water partition coefficient (Wildman–Crippen LogP) is 0.877. The van der Waals surface area contributed by atoms with Gasteiger partial charge in [0, 0.05) is 37.3 Å². The van der Waals surface area contributed by atoms with Crippen LogP contribution >= 0.6 is 0 Å². The van der Waals surface area contributed by atoms with Gasteiger partial charge in [-0.3, -0.25) is 4.79 Å². The molecule has 0 bridgehead atoms. The highest BCUT2D eigenvalue weighted by molar-refractivity contribution is 7.89. The van der Waals surface area contributed by atoms with Crippen molar-refractivity contribution in [2.45, 2.75) is 19.8 Å². The van der Waals surface area contributed by atoms with Gasteiger partial charge in [-0.25, -0.2) is 17.4 Å². The highest BCUT2D eigenvalue weighted by atomic mass is 32.2. The molecule has 1 aromatic heterocycles. The number of carbonyl (C=O) groups excluding carboxylic acids is 1. The van der Waals surface area contributed by atoms with Gasteiger partial charge in [-0.15, -0.1) is 5.10 Å². The summed E-state index contributed by atoms with van der Waals surface area (Å²) in [6.07, 6.45) is 1.05. The Bertz CT molecular complexity index is 887. The second kappa shape index (κ2) is 7.50. The lowest BCUT2D eigenvalue weighted by atomic mass is 9.97. The number of nitrogens with one attached hydrogen (secondary N) is 1. The standard InChI is InChI=1S/C16H22N6O3S/c1-3-26(24,25)22-9-7-12(8-10-22)16(23)17-14-6-4-5-13(11-14)15-18-19-20-21(15)2/h4-6,11-12H,3,7-10H2,1-2H3,(H,17,23). The van der Waals surface area contributed by atoms with E-state index in [0.29, 0.717) is 37.4 Å². The van der Waals surface area contributed by atoms with Crippen LogP contribution in [0.4, 0.5) is 5.69 Å². The van der Waals surface area contributed by atoms with Gasteiger partial charge in [-0.2, -0.15) is 0 Å². The molecule has 0 spiro atoms. The Morgan fingerprint density at radius 2 is 2.04 bits per heavy atom. The van der Waals surface area contributed by atoms with Crippen LogP contribution < -0.4 is 5.32 Å². The first-order valence-electron chi connectivity index (χ1n) is 8.52. The number of benzene rings is 1. The zero-order valence-electron chi connectivity index (χ0n) is 14.8. The number of sulfonamides is 1. The molecule has 3 rings (SSSR count). The molecule has 1 aliphatic rings. The molecule has 26 heavy (non-hydrogen) atoms. The zero-order chi connectivity index (χ0) is 18.7. The topological polar surface area (TPSA) is 110 Å². The predicted molar refractivity (Wildman–Crippen MR) is 96.6 cm³/mol. The van der Waals surface area contributed by atoms with Gasteiger partial charge < -0.3 is 5.32 Å². The molecule has 1 fully saturated rings. The smallest absolute Gasteiger partial charge is 0.227 e. The molecule has 0 aliphatic carbocycles. The Morgan fingerprint density at radius 1 is 1.31 bits per heavy atom. The molecule has 10 heteroatoms. The van der Waals surface area contributed by atoms with Crippen LogP contribution in [-0.2, 0) is 21.9 Å². The average molecular weight is 378 g/mol. The minimum absolute atomic E-state index is 0.0908. The van der Waals surface area contributed by atoms with E-state index in [2.05, 4.69) is 20.8 Å². The second-order valence-electron chi connectivity index (χ2n) is 6.27. The van der Waals surface area contributed by atoms with Crippen LogP contribution in [0.25, 0.3) is 11.4 Å². The summed E-state index contributed by atoms with van der Waals surface area (Å²) in [6, 6.07) is 7.33. The molecule has 140 valence electrons. The van der Waals surface area contributed by atoms with Crippen molar-refractivity contribution in [3.8, 4) is 11.4 Å². The maximum atomic E-state index is 12.5. The molecule has 0 unspecified atom stereocenters. The fourth-order valence-corrected chi connectivity index (χ4v) is 4.17. The summed E-state index contributed by atoms with van der Waals surface area (Å²) in [5, 5.41) is 14.3. The molecule has 1 aliphatic heterocycles. The van der Waals surface area contributed by atoms with E-state index in [9.17, 15) is 13.2 Å². The lowest BCUT2D eigenvalue weighted by Gasteiger charge is -2.30. The third kappa shape index (κ3) is 3.91. The highest BCUT2D eigenvalue weighted by Gasteiger charge is 2.30. The number of nitrogens with zero attached hydrogens (tertiary/aromatic N) is 5. The molecule has 0 saturated carbocycles. The van der Waals surface area contributed by atoms with Crippen LogP contribution in [-0.4, -0.2) is 57.7 Å². The third-order valence-corrected chi connectivity index (χ3v) is 6.47. The monoisotopic (exact) mass is 378 g/mol. The van der Waals surface area contributed by atoms with Crippen molar-refractivity contribution >= 4 is 21.6 Å². The van der Waals surface area contributed by atoms with E-state index < -0.39 is 10.0 Å². The Balaban J connectivity index is 1.64. The zero-order valence-corrected chi connectivity index (χ0v) is 15.6. The molecule has 1 aromatic carbocycles. The number of carbonyl (C=O) groups is 1. The first-order chi connectivity index (χ1) is 12.4. The van der Waals surface area contributed by atoms with Crippen molar-refractivity contribution < 1.29 is 13.2 Å². The SMILES string of the molecule is CCS(=O)(=O)N1CCC(C(=O)Nc2cccc(-c3nnnn3C)c2)CC1. The fraction of sp³-hybridized carbons (Fsp3) is 0.500. The van der Waals surface area contributed by atoms with Gasteiger partial charge in [0.1, 0.15) is 0 Å². The molecule has 1 N–H and O–H groups in total. The lowest BCUT2D eigenvalue weighted by Crippen LogP contribution is -2.42. The number of amides is 1. The summed E-state index contributed by atoms with van der Waals surface area (Å²) in [7, 11) is -1.43. The quantitative estimate of drug-likeness (QED) is 0.827. The van der Waals surface area contributed by atoms with Gasteiger partial charge in [-0.05, 0) is 42.3 Å². The van der Waals surface area contributed by atoms with Crippen LogP contribution in [0.5, 0.6) is 0 Å². The molecular formula is C16H22N6O3S. The van der Waals surface area contributed by atoms with E-state index in [1.807, 2.05) is 24.3 Å². The summed E-state index contributed by atoms with van der Waals surface area (Å²) in [4.78, 5) is 12.5. The lowest BCUT2D eigenvalue weighted by molar-refractivity contribution is -0.120. The summed E-state index contributed by atoms with van der Waals surface area (Å²) < 4.78 is 26.8. The second-order valence-corrected chi connectivity index (χ2v) is 8.53. The molecule has 9 nitrogen and oxygen atoms in total. The van der Waals surface area contributed by atoms with Gasteiger partial charge in [0.05, 0.1) is 5.75 Å². The van der Waals surface area contributed by atoms with E-state index >= 15 is 0 Å². The number of anilines is 1. The van der Waals surface area contributed by atoms with E-state index in [1.54, 1.807) is 18.7 Å². The first-order valence-corrected chi connectivity index (χ1v) is 10.1. The van der Waals surface area contributed by atoms with Crippen molar-refractivity contribution in [3.63, 3.8) is 0 Å². The number of aromatic nitrogens is 4. The van der Waals surface area contributed by atoms with E-state index in [-0.39, 0.29) is 17.6 Å². The van der Waals surface area contributed by atoms with E-state index in [4.69, 9.17) is 0 Å². The van der Waals surface area contributed by atoms with Crippen LogP contribution in [0.2, 0.25) is 0 Å². The van der Waals surface area contributed by atoms with Crippen molar-refractivity contribution in [3.05, 3.63) is 24.3 Å². The van der Waals surface area contributed by atoms with Gasteiger partial charge in [0.15, 0.2) is 5.82 Å². The van der Waals surface area contributed by atoms with Crippen LogP contribution in [0.15, 0.2) is 24.3 Å². The van der Waals surface area contributed by atoms with Crippen LogP contribution in [0.1, 0.15) is 19.8 Å². The van der Waals surface area contributed by atoms with Crippen molar-refractivity contribution in [2.75, 3.05) is 24.2 Å². The molecule has 2 heterocycles. The Labute approximate surface area is 152 Å².